The van der Waals surface area contributed by atoms with Gasteiger partial charge in [-0.15, -0.1) is 11.3 Å². The van der Waals surface area contributed by atoms with Crippen molar-refractivity contribution in [2.45, 2.75) is 25.4 Å². The molecule has 10 heteroatoms. The number of fused-ring (bicyclic) bond motifs is 4. The first-order chi connectivity index (χ1) is 17.7. The number of H-pyrrole nitrogens is 1. The molecule has 0 bridgehead atoms. The largest absolute Gasteiger partial charge is 0.492 e. The summed E-state index contributed by atoms with van der Waals surface area (Å²) < 4.78 is 11.3. The van der Waals surface area contributed by atoms with Gasteiger partial charge >= 0.3 is 6.09 Å². The summed E-state index contributed by atoms with van der Waals surface area (Å²) in [6, 6.07) is 15.5. The fraction of sp³-hybridized carbons (Fsp3) is 0.231. The molecule has 1 aliphatic carbocycles. The van der Waals surface area contributed by atoms with Crippen LogP contribution in [0.15, 0.2) is 61.1 Å². The van der Waals surface area contributed by atoms with E-state index in [4.69, 9.17) is 9.47 Å². The van der Waals surface area contributed by atoms with Crippen molar-refractivity contribution in [3.63, 3.8) is 0 Å². The molecule has 182 valence electrons. The second kappa shape index (κ2) is 9.82. The molecule has 1 unspecified atom stereocenters. The van der Waals surface area contributed by atoms with Crippen LogP contribution in [0, 0.1) is 0 Å². The molecule has 1 atom stereocenters. The maximum atomic E-state index is 12.3. The topological polar surface area (TPSA) is 114 Å². The van der Waals surface area contributed by atoms with Crippen LogP contribution in [0.3, 0.4) is 0 Å². The number of para-hydroxylation sites is 1. The van der Waals surface area contributed by atoms with Crippen molar-refractivity contribution >= 4 is 50.1 Å². The van der Waals surface area contributed by atoms with E-state index in [1.165, 1.54) is 10.4 Å². The third kappa shape index (κ3) is 4.67. The minimum atomic E-state index is -0.419. The maximum Gasteiger partial charge on any atom is 0.407 e. The minimum absolute atomic E-state index is 0.173. The molecular weight excluding hydrogens is 476 g/mol. The van der Waals surface area contributed by atoms with Crippen LogP contribution >= 0.6 is 11.3 Å². The summed E-state index contributed by atoms with van der Waals surface area (Å²) in [6.45, 7) is 0.760. The molecule has 3 heterocycles. The minimum Gasteiger partial charge on any atom is -0.492 e. The van der Waals surface area contributed by atoms with E-state index in [0.717, 1.165) is 51.2 Å². The van der Waals surface area contributed by atoms with Gasteiger partial charge in [0.25, 0.3) is 0 Å². The van der Waals surface area contributed by atoms with Gasteiger partial charge in [0, 0.05) is 22.4 Å². The maximum absolute atomic E-state index is 12.3. The molecule has 0 saturated carbocycles. The molecule has 9 nitrogen and oxygen atoms in total. The summed E-state index contributed by atoms with van der Waals surface area (Å²) in [5, 5.41) is 15.4. The Bertz CT molecular complexity index is 1520. The first-order valence-corrected chi connectivity index (χ1v) is 12.6. The Balaban J connectivity index is 1.09. The van der Waals surface area contributed by atoms with Crippen LogP contribution in [0.1, 0.15) is 16.9 Å². The van der Waals surface area contributed by atoms with E-state index >= 15 is 0 Å². The molecule has 0 radical (unpaired) electrons. The molecule has 1 amide bonds. The zero-order valence-electron chi connectivity index (χ0n) is 19.4. The fourth-order valence-electron chi connectivity index (χ4n) is 4.46. The van der Waals surface area contributed by atoms with E-state index in [9.17, 15) is 4.79 Å². The van der Waals surface area contributed by atoms with Crippen LogP contribution in [0.2, 0.25) is 0 Å². The molecule has 5 aromatic rings. The number of carbonyl (C=O) groups is 1. The zero-order chi connectivity index (χ0) is 24.3. The summed E-state index contributed by atoms with van der Waals surface area (Å²) in [5.41, 5.74) is 3.16. The molecule has 36 heavy (non-hydrogen) atoms. The molecule has 1 aliphatic rings. The summed E-state index contributed by atoms with van der Waals surface area (Å²) in [6.07, 6.45) is 5.02. The number of carbonyl (C=O) groups excluding carboxylic acids is 1. The van der Waals surface area contributed by atoms with Crippen LogP contribution in [-0.2, 0) is 17.6 Å². The molecule has 6 rings (SSSR count). The normalized spacial score (nSPS) is 14.9. The van der Waals surface area contributed by atoms with Gasteiger partial charge in [0.2, 0.25) is 0 Å². The van der Waals surface area contributed by atoms with E-state index < -0.39 is 6.09 Å². The highest BCUT2D eigenvalue weighted by Crippen LogP contribution is 2.39. The van der Waals surface area contributed by atoms with Crippen LogP contribution in [-0.4, -0.2) is 45.5 Å². The number of hydrogen-bond donors (Lipinski definition) is 3. The Hall–Kier alpha value is -4.18. The smallest absolute Gasteiger partial charge is 0.407 e. The van der Waals surface area contributed by atoms with Crippen molar-refractivity contribution < 1.29 is 14.3 Å². The van der Waals surface area contributed by atoms with Crippen molar-refractivity contribution in [2.75, 3.05) is 18.5 Å². The van der Waals surface area contributed by atoms with Crippen LogP contribution in [0.25, 0.3) is 21.1 Å². The SMILES string of the molecule is O=C(NCCOc1ccccc1)OC1CCc2c(sc3ncnc(Nc4ccc5[nH]ncc5c4)c23)C1. The molecule has 0 fully saturated rings. The highest BCUT2D eigenvalue weighted by atomic mass is 32.1. The standard InChI is InChI=1S/C26H24N6O3S/c33-26(27-10-11-34-18-4-2-1-3-5-18)35-19-7-8-20-22(13-19)36-25-23(20)24(28-15-29-25)31-17-6-9-21-16(12-17)14-30-32-21/h1-6,9,12,14-15,19H,7-8,10-11,13H2,(H,27,33)(H,30,32)(H,28,29,31). The van der Waals surface area contributed by atoms with Gasteiger partial charge < -0.3 is 20.1 Å². The van der Waals surface area contributed by atoms with Gasteiger partial charge in [-0.2, -0.15) is 5.10 Å². The van der Waals surface area contributed by atoms with Crippen molar-refractivity contribution in [3.8, 4) is 5.75 Å². The number of ether oxygens (including phenoxy) is 2. The molecule has 0 spiro atoms. The third-order valence-corrected chi connectivity index (χ3v) is 7.32. The number of nitrogens with one attached hydrogen (secondary N) is 3. The van der Waals surface area contributed by atoms with E-state index in [0.29, 0.717) is 19.6 Å². The Kier molecular flexibility index (Phi) is 6.08. The molecule has 3 aromatic heterocycles. The van der Waals surface area contributed by atoms with Crippen LogP contribution in [0.5, 0.6) is 5.75 Å². The van der Waals surface area contributed by atoms with Crippen molar-refractivity contribution in [3.05, 3.63) is 71.5 Å². The van der Waals surface area contributed by atoms with Gasteiger partial charge in [0.15, 0.2) is 0 Å². The number of anilines is 2. The van der Waals surface area contributed by atoms with Gasteiger partial charge in [-0.25, -0.2) is 14.8 Å². The molecule has 3 N–H and O–H groups in total. The van der Waals surface area contributed by atoms with Crippen LogP contribution < -0.4 is 15.4 Å². The van der Waals surface area contributed by atoms with Gasteiger partial charge in [-0.05, 0) is 48.7 Å². The van der Waals surface area contributed by atoms with Gasteiger partial charge in [-0.1, -0.05) is 18.2 Å². The fourth-order valence-corrected chi connectivity index (χ4v) is 5.72. The quantitative estimate of drug-likeness (QED) is 0.270. The van der Waals surface area contributed by atoms with E-state index in [-0.39, 0.29) is 6.10 Å². The number of hydrogen-bond acceptors (Lipinski definition) is 8. The number of nitrogens with zero attached hydrogens (tertiary/aromatic N) is 3. The van der Waals surface area contributed by atoms with Crippen LogP contribution in [0.4, 0.5) is 16.3 Å². The van der Waals surface area contributed by atoms with Crippen molar-refractivity contribution in [1.82, 2.24) is 25.5 Å². The monoisotopic (exact) mass is 500 g/mol. The number of thiophene rings is 1. The van der Waals surface area contributed by atoms with E-state index in [1.807, 2.05) is 48.5 Å². The van der Waals surface area contributed by atoms with Gasteiger partial charge in [-0.3, -0.25) is 5.10 Å². The highest BCUT2D eigenvalue weighted by Gasteiger charge is 2.27. The first-order valence-electron chi connectivity index (χ1n) is 11.8. The molecule has 0 saturated heterocycles. The Morgan fingerprint density at radius 1 is 1.17 bits per heavy atom. The predicted octanol–water partition coefficient (Wildman–Crippen LogP) is 4.97. The Morgan fingerprint density at radius 2 is 2.08 bits per heavy atom. The highest BCUT2D eigenvalue weighted by molar-refractivity contribution is 7.19. The lowest BCUT2D eigenvalue weighted by Gasteiger charge is -2.23. The van der Waals surface area contributed by atoms with Crippen molar-refractivity contribution in [1.29, 1.82) is 0 Å². The summed E-state index contributed by atoms with van der Waals surface area (Å²) in [5.74, 6) is 1.56. The number of amides is 1. The number of benzene rings is 2. The Morgan fingerprint density at radius 3 is 3.00 bits per heavy atom. The second-order valence-corrected chi connectivity index (χ2v) is 9.65. The average molecular weight is 501 g/mol. The van der Waals surface area contributed by atoms with Gasteiger partial charge in [0.05, 0.1) is 23.6 Å². The average Bonchev–Trinajstić information content (AvgIpc) is 3.51. The lowest BCUT2D eigenvalue weighted by molar-refractivity contribution is 0.0892. The lowest BCUT2D eigenvalue weighted by Crippen LogP contribution is -2.34. The number of aromatic nitrogens is 4. The number of aromatic amines is 1. The van der Waals surface area contributed by atoms with Crippen molar-refractivity contribution in [2.24, 2.45) is 0 Å². The summed E-state index contributed by atoms with van der Waals surface area (Å²) >= 11 is 1.64. The zero-order valence-corrected chi connectivity index (χ0v) is 20.2. The molecule has 2 aromatic carbocycles. The number of alkyl carbamates (subject to hydrolysis) is 1. The molecule has 0 aliphatic heterocycles. The second-order valence-electron chi connectivity index (χ2n) is 8.56. The number of aryl methyl sites for hydroxylation is 1. The third-order valence-electron chi connectivity index (χ3n) is 6.16. The number of rotatable bonds is 7. The predicted molar refractivity (Wildman–Crippen MR) is 139 cm³/mol. The Labute approximate surface area is 210 Å². The lowest BCUT2D eigenvalue weighted by atomic mass is 9.94. The first kappa shape index (κ1) is 22.3. The molecular formula is C26H24N6O3S. The summed E-state index contributed by atoms with van der Waals surface area (Å²) in [7, 11) is 0. The van der Waals surface area contributed by atoms with E-state index in [2.05, 4.69) is 30.8 Å². The summed E-state index contributed by atoms with van der Waals surface area (Å²) in [4.78, 5) is 23.5. The van der Waals surface area contributed by atoms with E-state index in [1.54, 1.807) is 23.9 Å². The van der Waals surface area contributed by atoms with Gasteiger partial charge in [0.1, 0.15) is 35.4 Å².